The smallest absolute Gasteiger partial charge is 0.203 e. The van der Waals surface area contributed by atoms with Crippen LogP contribution in [0.3, 0.4) is 0 Å². The highest BCUT2D eigenvalue weighted by molar-refractivity contribution is 5.60. The largest absolute Gasteiger partial charge is 0.493 e. The van der Waals surface area contributed by atoms with Gasteiger partial charge in [0.15, 0.2) is 11.5 Å². The second-order valence-electron chi connectivity index (χ2n) is 5.47. The highest BCUT2D eigenvalue weighted by atomic mass is 16.5. The molecule has 0 heterocycles. The number of hydrogen-bond acceptors (Lipinski definition) is 4. The fraction of sp³-hybridized carbons (Fsp3) is 0.647. The maximum Gasteiger partial charge on any atom is 0.203 e. The molecule has 4 nitrogen and oxygen atoms in total. The van der Waals surface area contributed by atoms with E-state index in [2.05, 4.69) is 18.3 Å². The van der Waals surface area contributed by atoms with Crippen LogP contribution in [0.1, 0.15) is 49.8 Å². The first kappa shape index (κ1) is 16.0. The standard InChI is InChI=1S/C17H27NO3/c1-5-10-18-14-9-7-6-8-12-13(14)11-15(19-2)17(21-4)16(12)20-3/h11,14,18H,5-10H2,1-4H3. The van der Waals surface area contributed by atoms with Gasteiger partial charge in [-0.3, -0.25) is 0 Å². The van der Waals surface area contributed by atoms with Gasteiger partial charge in [0.25, 0.3) is 0 Å². The van der Waals surface area contributed by atoms with Gasteiger partial charge < -0.3 is 19.5 Å². The SMILES string of the molecule is CCCNC1CCCCc2c1cc(OC)c(OC)c2OC. The summed E-state index contributed by atoms with van der Waals surface area (Å²) < 4.78 is 16.7. The van der Waals surface area contributed by atoms with E-state index in [1.165, 1.54) is 24.0 Å². The quantitative estimate of drug-likeness (QED) is 0.815. The zero-order valence-corrected chi connectivity index (χ0v) is 13.6. The van der Waals surface area contributed by atoms with Crippen LogP contribution in [0.15, 0.2) is 6.07 Å². The van der Waals surface area contributed by atoms with Gasteiger partial charge in [0, 0.05) is 11.6 Å². The van der Waals surface area contributed by atoms with Crippen molar-refractivity contribution in [2.75, 3.05) is 27.9 Å². The van der Waals surface area contributed by atoms with Crippen molar-refractivity contribution >= 4 is 0 Å². The first-order valence-electron chi connectivity index (χ1n) is 7.81. The molecule has 0 aromatic heterocycles. The number of rotatable bonds is 6. The number of benzene rings is 1. The number of methoxy groups -OCH3 is 3. The van der Waals surface area contributed by atoms with E-state index in [4.69, 9.17) is 14.2 Å². The number of ether oxygens (including phenoxy) is 3. The molecule has 2 rings (SSSR count). The molecular weight excluding hydrogens is 266 g/mol. The Bertz CT molecular complexity index is 474. The third kappa shape index (κ3) is 3.26. The van der Waals surface area contributed by atoms with Crippen molar-refractivity contribution < 1.29 is 14.2 Å². The summed E-state index contributed by atoms with van der Waals surface area (Å²) in [7, 11) is 5.04. The summed E-state index contributed by atoms with van der Waals surface area (Å²) >= 11 is 0. The van der Waals surface area contributed by atoms with Crippen molar-refractivity contribution in [3.05, 3.63) is 17.2 Å². The third-order valence-electron chi connectivity index (χ3n) is 4.15. The maximum atomic E-state index is 5.65. The Balaban J connectivity index is 2.52. The number of nitrogens with one attached hydrogen (secondary N) is 1. The summed E-state index contributed by atoms with van der Waals surface area (Å²) in [5, 5.41) is 3.66. The normalized spacial score (nSPS) is 17.8. The number of fused-ring (bicyclic) bond motifs is 1. The molecule has 4 heteroatoms. The summed E-state index contributed by atoms with van der Waals surface area (Å²) in [5.74, 6) is 2.28. The van der Waals surface area contributed by atoms with E-state index in [1.807, 2.05) is 0 Å². The highest BCUT2D eigenvalue weighted by Gasteiger charge is 2.26. The van der Waals surface area contributed by atoms with E-state index in [0.29, 0.717) is 11.8 Å². The monoisotopic (exact) mass is 293 g/mol. The van der Waals surface area contributed by atoms with Crippen molar-refractivity contribution in [2.24, 2.45) is 0 Å². The minimum absolute atomic E-state index is 0.371. The Labute approximate surface area is 127 Å². The lowest BCUT2D eigenvalue weighted by molar-refractivity contribution is 0.320. The summed E-state index contributed by atoms with van der Waals surface area (Å²) in [6.07, 6.45) is 5.73. The Morgan fingerprint density at radius 1 is 1.10 bits per heavy atom. The minimum atomic E-state index is 0.371. The topological polar surface area (TPSA) is 39.7 Å². The molecule has 1 unspecified atom stereocenters. The molecule has 1 N–H and O–H groups in total. The van der Waals surface area contributed by atoms with Crippen molar-refractivity contribution in [3.63, 3.8) is 0 Å². The zero-order chi connectivity index (χ0) is 15.2. The van der Waals surface area contributed by atoms with Crippen LogP contribution in [0.4, 0.5) is 0 Å². The second-order valence-corrected chi connectivity index (χ2v) is 5.47. The predicted molar refractivity (Wildman–Crippen MR) is 84.7 cm³/mol. The summed E-state index contributed by atoms with van der Waals surface area (Å²) in [5.41, 5.74) is 2.57. The second kappa shape index (κ2) is 7.55. The fourth-order valence-electron chi connectivity index (χ4n) is 3.14. The van der Waals surface area contributed by atoms with Gasteiger partial charge in [-0.2, -0.15) is 0 Å². The molecule has 0 saturated heterocycles. The van der Waals surface area contributed by atoms with E-state index < -0.39 is 0 Å². The van der Waals surface area contributed by atoms with Gasteiger partial charge in [-0.15, -0.1) is 0 Å². The molecule has 1 aliphatic rings. The molecule has 1 atom stereocenters. The molecule has 118 valence electrons. The van der Waals surface area contributed by atoms with E-state index in [0.717, 1.165) is 37.3 Å². The van der Waals surface area contributed by atoms with Crippen molar-refractivity contribution in [3.8, 4) is 17.2 Å². The summed E-state index contributed by atoms with van der Waals surface area (Å²) in [4.78, 5) is 0. The van der Waals surface area contributed by atoms with Crippen LogP contribution in [-0.4, -0.2) is 27.9 Å². The molecular formula is C17H27NO3. The molecule has 21 heavy (non-hydrogen) atoms. The van der Waals surface area contributed by atoms with Gasteiger partial charge in [-0.1, -0.05) is 13.3 Å². The summed E-state index contributed by atoms with van der Waals surface area (Å²) in [6.45, 7) is 3.22. The van der Waals surface area contributed by atoms with Gasteiger partial charge in [0.05, 0.1) is 21.3 Å². The Morgan fingerprint density at radius 2 is 1.86 bits per heavy atom. The Kier molecular flexibility index (Phi) is 5.74. The molecule has 0 spiro atoms. The molecule has 0 fully saturated rings. The van der Waals surface area contributed by atoms with E-state index in [9.17, 15) is 0 Å². The highest BCUT2D eigenvalue weighted by Crippen LogP contribution is 2.46. The lowest BCUT2D eigenvalue weighted by atomic mass is 9.96. The molecule has 1 aliphatic carbocycles. The molecule has 0 amide bonds. The van der Waals surface area contributed by atoms with Crippen LogP contribution >= 0.6 is 0 Å². The molecule has 1 aromatic rings. The van der Waals surface area contributed by atoms with Gasteiger partial charge >= 0.3 is 0 Å². The van der Waals surface area contributed by atoms with Crippen molar-refractivity contribution in [1.82, 2.24) is 5.32 Å². The first-order chi connectivity index (χ1) is 10.3. The Hall–Kier alpha value is -1.42. The van der Waals surface area contributed by atoms with Gasteiger partial charge in [0.2, 0.25) is 5.75 Å². The van der Waals surface area contributed by atoms with E-state index in [1.54, 1.807) is 21.3 Å². The average Bonchev–Trinajstić information content (AvgIpc) is 2.72. The zero-order valence-electron chi connectivity index (χ0n) is 13.6. The predicted octanol–water partition coefficient (Wildman–Crippen LogP) is 3.48. The average molecular weight is 293 g/mol. The van der Waals surface area contributed by atoms with Crippen molar-refractivity contribution in [2.45, 2.75) is 45.1 Å². The van der Waals surface area contributed by atoms with Crippen LogP contribution in [-0.2, 0) is 6.42 Å². The molecule has 0 bridgehead atoms. The van der Waals surface area contributed by atoms with Crippen LogP contribution in [0.25, 0.3) is 0 Å². The number of hydrogen-bond donors (Lipinski definition) is 1. The molecule has 0 saturated carbocycles. The fourth-order valence-corrected chi connectivity index (χ4v) is 3.14. The maximum absolute atomic E-state index is 5.65. The van der Waals surface area contributed by atoms with E-state index in [-0.39, 0.29) is 0 Å². The molecule has 0 radical (unpaired) electrons. The summed E-state index contributed by atoms with van der Waals surface area (Å²) in [6, 6.07) is 2.49. The Morgan fingerprint density at radius 3 is 2.48 bits per heavy atom. The van der Waals surface area contributed by atoms with Gasteiger partial charge in [-0.05, 0) is 43.9 Å². The van der Waals surface area contributed by atoms with E-state index >= 15 is 0 Å². The lowest BCUT2D eigenvalue weighted by Gasteiger charge is -2.23. The third-order valence-corrected chi connectivity index (χ3v) is 4.15. The van der Waals surface area contributed by atoms with Crippen LogP contribution in [0.2, 0.25) is 0 Å². The minimum Gasteiger partial charge on any atom is -0.493 e. The lowest BCUT2D eigenvalue weighted by Crippen LogP contribution is -2.22. The van der Waals surface area contributed by atoms with Crippen LogP contribution in [0, 0.1) is 0 Å². The van der Waals surface area contributed by atoms with Gasteiger partial charge in [-0.25, -0.2) is 0 Å². The van der Waals surface area contributed by atoms with Crippen LogP contribution < -0.4 is 19.5 Å². The van der Waals surface area contributed by atoms with Crippen LogP contribution in [0.5, 0.6) is 17.2 Å². The first-order valence-corrected chi connectivity index (χ1v) is 7.81. The molecule has 1 aromatic carbocycles. The van der Waals surface area contributed by atoms with Gasteiger partial charge in [0.1, 0.15) is 0 Å². The molecule has 0 aliphatic heterocycles. The van der Waals surface area contributed by atoms with Crippen molar-refractivity contribution in [1.29, 1.82) is 0 Å².